The summed E-state index contributed by atoms with van der Waals surface area (Å²) >= 11 is 0. The number of carbonyl (C=O) groups excluding carboxylic acids is 1. The van der Waals surface area contributed by atoms with Gasteiger partial charge in [0.05, 0.1) is 24.5 Å². The summed E-state index contributed by atoms with van der Waals surface area (Å²) in [6, 6.07) is 16.7. The first-order chi connectivity index (χ1) is 14.8. The Labute approximate surface area is 180 Å². The number of nitrogens with two attached hydrogens (primary N) is 1. The normalized spacial score (nSPS) is 15.8. The molecule has 3 rings (SSSR count). The van der Waals surface area contributed by atoms with E-state index in [1.807, 2.05) is 42.5 Å². The second-order valence-corrected chi connectivity index (χ2v) is 7.01. The van der Waals surface area contributed by atoms with E-state index < -0.39 is 17.9 Å². The smallest absolute Gasteiger partial charge is 0.338 e. The van der Waals surface area contributed by atoms with E-state index in [0.29, 0.717) is 16.9 Å². The SMILES string of the molecule is CCOC(=O)C1=C(C)OC(N)=C(C#N)C1c1ccc(-c2cccc(CC(=O)O)c2)cc1. The Bertz CT molecular complexity index is 1120. The number of nitriles is 1. The second-order valence-electron chi connectivity index (χ2n) is 7.01. The Kier molecular flexibility index (Phi) is 6.41. The number of hydrogen-bond donors (Lipinski definition) is 2. The molecule has 1 aliphatic heterocycles. The third-order valence-corrected chi connectivity index (χ3v) is 4.96. The lowest BCUT2D eigenvalue weighted by molar-refractivity contribution is -0.139. The molecule has 1 atom stereocenters. The van der Waals surface area contributed by atoms with Crippen LogP contribution in [0.5, 0.6) is 0 Å². The number of ether oxygens (including phenoxy) is 2. The van der Waals surface area contributed by atoms with Gasteiger partial charge in [0.15, 0.2) is 0 Å². The number of nitrogens with zero attached hydrogens (tertiary/aromatic N) is 1. The Morgan fingerprint density at radius 1 is 1.19 bits per heavy atom. The Morgan fingerprint density at radius 3 is 2.52 bits per heavy atom. The van der Waals surface area contributed by atoms with Gasteiger partial charge in [-0.25, -0.2) is 4.79 Å². The maximum Gasteiger partial charge on any atom is 0.338 e. The van der Waals surface area contributed by atoms with Gasteiger partial charge in [-0.2, -0.15) is 5.26 Å². The van der Waals surface area contributed by atoms with Crippen molar-refractivity contribution in [2.45, 2.75) is 26.2 Å². The number of benzene rings is 2. The highest BCUT2D eigenvalue weighted by Gasteiger charge is 2.36. The predicted molar refractivity (Wildman–Crippen MR) is 113 cm³/mol. The predicted octanol–water partition coefficient (Wildman–Crippen LogP) is 3.63. The van der Waals surface area contributed by atoms with Crippen molar-refractivity contribution >= 4 is 11.9 Å². The molecule has 0 bridgehead atoms. The standard InChI is InChI=1S/C24H22N2O5/c1-3-30-24(29)21-14(2)31-23(26)19(13-25)22(21)17-9-7-16(8-10-17)18-6-4-5-15(11-18)12-20(27)28/h4-11,22H,3,12,26H2,1-2H3,(H,27,28). The van der Waals surface area contributed by atoms with Gasteiger partial charge < -0.3 is 20.3 Å². The van der Waals surface area contributed by atoms with Crippen LogP contribution in [-0.4, -0.2) is 23.7 Å². The van der Waals surface area contributed by atoms with Crippen molar-refractivity contribution in [3.8, 4) is 17.2 Å². The van der Waals surface area contributed by atoms with E-state index in [0.717, 1.165) is 11.1 Å². The summed E-state index contributed by atoms with van der Waals surface area (Å²) in [5.74, 6) is -1.90. The highest BCUT2D eigenvalue weighted by atomic mass is 16.5. The third-order valence-electron chi connectivity index (χ3n) is 4.96. The lowest BCUT2D eigenvalue weighted by Crippen LogP contribution is -2.25. The molecule has 0 saturated carbocycles. The van der Waals surface area contributed by atoms with Gasteiger partial charge in [-0.3, -0.25) is 4.79 Å². The molecule has 31 heavy (non-hydrogen) atoms. The van der Waals surface area contributed by atoms with Crippen molar-refractivity contribution in [1.29, 1.82) is 5.26 Å². The Morgan fingerprint density at radius 2 is 1.90 bits per heavy atom. The first-order valence-electron chi connectivity index (χ1n) is 9.72. The number of rotatable bonds is 6. The number of carbonyl (C=O) groups is 2. The molecule has 0 aromatic heterocycles. The fourth-order valence-electron chi connectivity index (χ4n) is 3.59. The van der Waals surface area contributed by atoms with Gasteiger partial charge in [0, 0.05) is 0 Å². The molecule has 1 aliphatic rings. The van der Waals surface area contributed by atoms with Gasteiger partial charge >= 0.3 is 11.9 Å². The van der Waals surface area contributed by atoms with Crippen molar-refractivity contribution in [3.63, 3.8) is 0 Å². The second kappa shape index (κ2) is 9.18. The van der Waals surface area contributed by atoms with E-state index in [9.17, 15) is 14.9 Å². The monoisotopic (exact) mass is 418 g/mol. The van der Waals surface area contributed by atoms with Crippen LogP contribution in [0.1, 0.15) is 30.9 Å². The maximum absolute atomic E-state index is 12.6. The highest BCUT2D eigenvalue weighted by Crippen LogP contribution is 2.40. The molecule has 0 amide bonds. The minimum Gasteiger partial charge on any atom is -0.481 e. The van der Waals surface area contributed by atoms with E-state index in [1.54, 1.807) is 19.9 Å². The van der Waals surface area contributed by atoms with E-state index >= 15 is 0 Å². The molecule has 2 aromatic carbocycles. The third kappa shape index (κ3) is 4.59. The summed E-state index contributed by atoms with van der Waals surface area (Å²) in [5.41, 5.74) is 9.43. The summed E-state index contributed by atoms with van der Waals surface area (Å²) in [7, 11) is 0. The zero-order valence-electron chi connectivity index (χ0n) is 17.2. The van der Waals surface area contributed by atoms with Gasteiger partial charge in [0.25, 0.3) is 0 Å². The van der Waals surface area contributed by atoms with Crippen molar-refractivity contribution in [2.75, 3.05) is 6.61 Å². The molecule has 0 radical (unpaired) electrons. The topological polar surface area (TPSA) is 123 Å². The number of hydrogen-bond acceptors (Lipinski definition) is 6. The van der Waals surface area contributed by atoms with E-state index in [4.69, 9.17) is 20.3 Å². The van der Waals surface area contributed by atoms with E-state index in [1.165, 1.54) is 0 Å². The van der Waals surface area contributed by atoms with Gasteiger partial charge in [-0.05, 0) is 36.1 Å². The zero-order valence-corrected chi connectivity index (χ0v) is 17.2. The molecule has 1 heterocycles. The molecular formula is C24H22N2O5. The van der Waals surface area contributed by atoms with Crippen LogP contribution in [0.25, 0.3) is 11.1 Å². The Hall–Kier alpha value is -4.05. The van der Waals surface area contributed by atoms with E-state index in [-0.39, 0.29) is 30.1 Å². The molecule has 0 saturated heterocycles. The quantitative estimate of drug-likeness (QED) is 0.687. The summed E-state index contributed by atoms with van der Waals surface area (Å²) < 4.78 is 10.6. The van der Waals surface area contributed by atoms with Crippen LogP contribution in [0.2, 0.25) is 0 Å². The summed E-state index contributed by atoms with van der Waals surface area (Å²) in [4.78, 5) is 23.6. The number of esters is 1. The fourth-order valence-corrected chi connectivity index (χ4v) is 3.59. The van der Waals surface area contributed by atoms with Crippen LogP contribution in [0.15, 0.2) is 71.3 Å². The first-order valence-corrected chi connectivity index (χ1v) is 9.72. The fraction of sp³-hybridized carbons (Fsp3) is 0.208. The molecule has 0 spiro atoms. The van der Waals surface area contributed by atoms with Gasteiger partial charge in [0.1, 0.15) is 17.4 Å². The molecule has 158 valence electrons. The van der Waals surface area contributed by atoms with Crippen molar-refractivity contribution < 1.29 is 24.2 Å². The summed E-state index contributed by atoms with van der Waals surface area (Å²) in [6.45, 7) is 3.51. The zero-order chi connectivity index (χ0) is 22.5. The van der Waals surface area contributed by atoms with Gasteiger partial charge in [0.2, 0.25) is 5.88 Å². The molecule has 1 unspecified atom stereocenters. The van der Waals surface area contributed by atoms with Gasteiger partial charge in [-0.15, -0.1) is 0 Å². The molecule has 3 N–H and O–H groups in total. The number of aliphatic carboxylic acids is 1. The lowest BCUT2D eigenvalue weighted by atomic mass is 9.82. The van der Waals surface area contributed by atoms with Crippen LogP contribution in [-0.2, 0) is 25.5 Å². The van der Waals surface area contributed by atoms with Gasteiger partial charge in [-0.1, -0.05) is 48.5 Å². The van der Waals surface area contributed by atoms with Crippen LogP contribution in [0.4, 0.5) is 0 Å². The molecule has 7 nitrogen and oxygen atoms in total. The van der Waals surface area contributed by atoms with Crippen LogP contribution >= 0.6 is 0 Å². The van der Waals surface area contributed by atoms with Crippen LogP contribution in [0.3, 0.4) is 0 Å². The maximum atomic E-state index is 12.6. The Balaban J connectivity index is 2.01. The summed E-state index contributed by atoms with van der Waals surface area (Å²) in [5, 5.41) is 18.7. The highest BCUT2D eigenvalue weighted by molar-refractivity contribution is 5.92. The van der Waals surface area contributed by atoms with Crippen molar-refractivity contribution in [2.24, 2.45) is 5.73 Å². The molecular weight excluding hydrogens is 396 g/mol. The van der Waals surface area contributed by atoms with E-state index in [2.05, 4.69) is 6.07 Å². The van der Waals surface area contributed by atoms with Crippen LogP contribution < -0.4 is 5.73 Å². The summed E-state index contributed by atoms with van der Waals surface area (Å²) in [6.07, 6.45) is -0.0590. The van der Waals surface area contributed by atoms with Crippen LogP contribution in [0, 0.1) is 11.3 Å². The minimum atomic E-state index is -0.894. The average molecular weight is 418 g/mol. The molecule has 2 aromatic rings. The largest absolute Gasteiger partial charge is 0.481 e. The first kappa shape index (κ1) is 21.7. The lowest BCUT2D eigenvalue weighted by Gasteiger charge is -2.27. The average Bonchev–Trinajstić information content (AvgIpc) is 2.73. The minimum absolute atomic E-state index is 0.0384. The van der Waals surface area contributed by atoms with Crippen molar-refractivity contribution in [1.82, 2.24) is 0 Å². The molecule has 7 heteroatoms. The number of allylic oxidation sites excluding steroid dienone is 2. The van der Waals surface area contributed by atoms with Crippen molar-refractivity contribution in [3.05, 3.63) is 82.4 Å². The number of carboxylic acid groups (broad SMARTS) is 1. The molecule has 0 fully saturated rings. The number of carboxylic acids is 1. The molecule has 0 aliphatic carbocycles.